The number of nitrogens with two attached hydrogens (primary N) is 1. The number of aryl methyl sites for hydroxylation is 1. The van der Waals surface area contributed by atoms with Crippen LogP contribution >= 0.6 is 0 Å². The number of carbonyl (C=O) groups excluding carboxylic acids is 1. The molecule has 3 nitrogen and oxygen atoms in total. The minimum absolute atomic E-state index is 0.102. The van der Waals surface area contributed by atoms with E-state index in [1.54, 1.807) is 13.0 Å². The normalized spacial score (nSPS) is 22.8. The molecule has 0 radical (unpaired) electrons. The maximum Gasteiger partial charge on any atom is 0.257 e. The molecule has 0 aromatic heterocycles. The topological polar surface area (TPSA) is 46.3 Å². The molecule has 2 rings (SSSR count). The molecule has 4 heteroatoms. The largest absolute Gasteiger partial charge is 0.399 e. The molecule has 0 spiro atoms. The van der Waals surface area contributed by atoms with Gasteiger partial charge < -0.3 is 10.6 Å². The molecule has 0 aliphatic carbocycles. The van der Waals surface area contributed by atoms with Crippen LogP contribution < -0.4 is 5.73 Å². The van der Waals surface area contributed by atoms with E-state index in [4.69, 9.17) is 5.73 Å². The van der Waals surface area contributed by atoms with Crippen LogP contribution in [0.3, 0.4) is 0 Å². The van der Waals surface area contributed by atoms with Crippen molar-refractivity contribution in [3.05, 3.63) is 29.1 Å². The lowest BCUT2D eigenvalue weighted by Gasteiger charge is -2.28. The monoisotopic (exact) mass is 264 g/mol. The highest BCUT2D eigenvalue weighted by Crippen LogP contribution is 2.29. The summed E-state index contributed by atoms with van der Waals surface area (Å²) in [5.41, 5.74) is 6.68. The fourth-order valence-electron chi connectivity index (χ4n) is 2.93. The Kier molecular flexibility index (Phi) is 3.78. The number of hydrogen-bond donors (Lipinski definition) is 1. The molecule has 1 saturated heterocycles. The van der Waals surface area contributed by atoms with Crippen molar-refractivity contribution in [2.45, 2.75) is 52.1 Å². The maximum absolute atomic E-state index is 14.1. The lowest BCUT2D eigenvalue weighted by molar-refractivity contribution is 0.0671. The molecule has 1 heterocycles. The molecule has 104 valence electrons. The van der Waals surface area contributed by atoms with Crippen molar-refractivity contribution in [1.29, 1.82) is 0 Å². The van der Waals surface area contributed by atoms with Gasteiger partial charge in [-0.1, -0.05) is 6.92 Å². The van der Waals surface area contributed by atoms with Crippen LogP contribution in [0.1, 0.15) is 49.0 Å². The molecule has 2 N–H and O–H groups in total. The first-order chi connectivity index (χ1) is 8.95. The molecule has 1 aliphatic heterocycles. The van der Waals surface area contributed by atoms with E-state index in [0.29, 0.717) is 11.3 Å². The van der Waals surface area contributed by atoms with Gasteiger partial charge in [-0.15, -0.1) is 0 Å². The molecular formula is C15H21FN2O. The highest BCUT2D eigenvalue weighted by atomic mass is 19.1. The van der Waals surface area contributed by atoms with Crippen LogP contribution in [0.15, 0.2) is 12.1 Å². The third-order valence-electron chi connectivity index (χ3n) is 4.00. The van der Waals surface area contributed by atoms with Gasteiger partial charge in [-0.2, -0.15) is 0 Å². The summed E-state index contributed by atoms with van der Waals surface area (Å²) in [6.07, 6.45) is 2.87. The van der Waals surface area contributed by atoms with Crippen molar-refractivity contribution in [1.82, 2.24) is 4.90 Å². The summed E-state index contributed by atoms with van der Waals surface area (Å²) in [5, 5.41) is 0. The summed E-state index contributed by atoms with van der Waals surface area (Å²) >= 11 is 0. The van der Waals surface area contributed by atoms with E-state index in [9.17, 15) is 9.18 Å². The first kappa shape index (κ1) is 13.8. The minimum Gasteiger partial charge on any atom is -0.399 e. The zero-order chi connectivity index (χ0) is 14.2. The van der Waals surface area contributed by atoms with Gasteiger partial charge in [-0.25, -0.2) is 4.39 Å². The van der Waals surface area contributed by atoms with Crippen molar-refractivity contribution in [3.8, 4) is 0 Å². The molecule has 1 aromatic rings. The number of rotatable bonds is 2. The van der Waals surface area contributed by atoms with Crippen LogP contribution in [0.25, 0.3) is 0 Å². The number of likely N-dealkylation sites (tertiary alicyclic amines) is 1. The molecule has 2 atom stereocenters. The molecule has 19 heavy (non-hydrogen) atoms. The van der Waals surface area contributed by atoms with Crippen molar-refractivity contribution in [3.63, 3.8) is 0 Å². The summed E-state index contributed by atoms with van der Waals surface area (Å²) in [6, 6.07) is 3.38. The van der Waals surface area contributed by atoms with E-state index in [-0.39, 0.29) is 23.6 Å². The van der Waals surface area contributed by atoms with E-state index in [0.717, 1.165) is 19.3 Å². The molecule has 1 fully saturated rings. The minimum atomic E-state index is -0.451. The average Bonchev–Trinajstić information content (AvgIpc) is 2.74. The van der Waals surface area contributed by atoms with E-state index in [1.165, 1.54) is 6.07 Å². The number of nitrogen functional groups attached to an aromatic ring is 1. The highest BCUT2D eigenvalue weighted by Gasteiger charge is 2.34. The lowest BCUT2D eigenvalue weighted by atomic mass is 10.1. The predicted octanol–water partition coefficient (Wildman–Crippen LogP) is 3.12. The molecule has 1 aromatic carbocycles. The Bertz CT molecular complexity index is 501. The van der Waals surface area contributed by atoms with Gasteiger partial charge in [-0.05, 0) is 50.8 Å². The second-order valence-corrected chi connectivity index (χ2v) is 5.40. The van der Waals surface area contributed by atoms with Gasteiger partial charge in [0.15, 0.2) is 0 Å². The molecule has 1 amide bonds. The number of anilines is 1. The van der Waals surface area contributed by atoms with E-state index < -0.39 is 5.82 Å². The van der Waals surface area contributed by atoms with Gasteiger partial charge in [0.25, 0.3) is 5.91 Å². The molecule has 0 bridgehead atoms. The summed E-state index contributed by atoms with van der Waals surface area (Å²) in [7, 11) is 0. The quantitative estimate of drug-likeness (QED) is 0.834. The molecule has 2 unspecified atom stereocenters. The van der Waals surface area contributed by atoms with E-state index in [1.807, 2.05) is 11.8 Å². The van der Waals surface area contributed by atoms with Crippen molar-refractivity contribution in [2.75, 3.05) is 5.73 Å². The number of halogens is 1. The number of hydrogen-bond acceptors (Lipinski definition) is 2. The predicted molar refractivity (Wildman–Crippen MR) is 74.5 cm³/mol. The zero-order valence-corrected chi connectivity index (χ0v) is 11.7. The first-order valence-electron chi connectivity index (χ1n) is 6.84. The Balaban J connectivity index is 2.39. The molecule has 1 aliphatic rings. The van der Waals surface area contributed by atoms with Crippen LogP contribution in [-0.2, 0) is 0 Å². The summed E-state index contributed by atoms with van der Waals surface area (Å²) in [6.45, 7) is 5.71. The Morgan fingerprint density at radius 1 is 1.47 bits per heavy atom. The Hall–Kier alpha value is -1.58. The van der Waals surface area contributed by atoms with Gasteiger partial charge in [0, 0.05) is 17.8 Å². The van der Waals surface area contributed by atoms with Crippen molar-refractivity contribution in [2.24, 2.45) is 0 Å². The SMILES string of the molecule is CCC1CCC(C)N1C(=O)c1cc(N)cc(C)c1F. The van der Waals surface area contributed by atoms with Crippen LogP contribution in [0.4, 0.5) is 10.1 Å². The van der Waals surface area contributed by atoms with Crippen LogP contribution in [0.5, 0.6) is 0 Å². The first-order valence-corrected chi connectivity index (χ1v) is 6.84. The maximum atomic E-state index is 14.1. The van der Waals surface area contributed by atoms with Gasteiger partial charge >= 0.3 is 0 Å². The number of carbonyl (C=O) groups is 1. The summed E-state index contributed by atoms with van der Waals surface area (Å²) < 4.78 is 14.1. The Morgan fingerprint density at radius 3 is 2.79 bits per heavy atom. The van der Waals surface area contributed by atoms with Gasteiger partial charge in [0.1, 0.15) is 5.82 Å². The second kappa shape index (κ2) is 5.19. The van der Waals surface area contributed by atoms with Crippen LogP contribution in [0.2, 0.25) is 0 Å². The van der Waals surface area contributed by atoms with Crippen LogP contribution in [0, 0.1) is 12.7 Å². The number of amides is 1. The summed E-state index contributed by atoms with van der Waals surface area (Å²) in [5.74, 6) is -0.682. The van der Waals surface area contributed by atoms with E-state index in [2.05, 4.69) is 6.92 Å². The van der Waals surface area contributed by atoms with Crippen LogP contribution in [-0.4, -0.2) is 22.9 Å². The highest BCUT2D eigenvalue weighted by molar-refractivity contribution is 5.96. The van der Waals surface area contributed by atoms with Crippen molar-refractivity contribution < 1.29 is 9.18 Å². The van der Waals surface area contributed by atoms with Crippen molar-refractivity contribution >= 4 is 11.6 Å². The average molecular weight is 264 g/mol. The second-order valence-electron chi connectivity index (χ2n) is 5.40. The molecule has 0 saturated carbocycles. The standard InChI is InChI=1S/C15H21FN2O/c1-4-12-6-5-10(3)18(12)15(19)13-8-11(17)7-9(2)14(13)16/h7-8,10,12H,4-6,17H2,1-3H3. The fraction of sp³-hybridized carbons (Fsp3) is 0.533. The number of nitrogens with zero attached hydrogens (tertiary/aromatic N) is 1. The van der Waals surface area contributed by atoms with E-state index >= 15 is 0 Å². The smallest absolute Gasteiger partial charge is 0.257 e. The van der Waals surface area contributed by atoms with Gasteiger partial charge in [0.2, 0.25) is 0 Å². The Labute approximate surface area is 113 Å². The third kappa shape index (κ3) is 2.44. The summed E-state index contributed by atoms with van der Waals surface area (Å²) in [4.78, 5) is 14.4. The fourth-order valence-corrected chi connectivity index (χ4v) is 2.93. The van der Waals surface area contributed by atoms with Gasteiger partial charge in [0.05, 0.1) is 5.56 Å². The zero-order valence-electron chi connectivity index (χ0n) is 11.7. The number of benzene rings is 1. The van der Waals surface area contributed by atoms with Gasteiger partial charge in [-0.3, -0.25) is 4.79 Å². The molecular weight excluding hydrogens is 243 g/mol. The lowest BCUT2D eigenvalue weighted by Crippen LogP contribution is -2.40. The third-order valence-corrected chi connectivity index (χ3v) is 4.00. The Morgan fingerprint density at radius 2 is 2.16 bits per heavy atom.